The first-order chi connectivity index (χ1) is 15.7. The standard InChI is InChI=1S/C21H19F6N5O2/c1-33-15-4-3-5-16(34-2)19(15)10-6-13(11(28)8-17(30)20(22,23)24)32-14(7-10)12(29)9-18(31)21(25,26)27/h3-9,28-29H,30-31H2,1-2H3/b17-8-,18-9-,28-11?,29-12?. The van der Waals surface area contributed by atoms with E-state index in [2.05, 4.69) is 4.98 Å². The zero-order valence-corrected chi connectivity index (χ0v) is 17.7. The minimum absolute atomic E-state index is 0.141. The van der Waals surface area contributed by atoms with Gasteiger partial charge in [-0.15, -0.1) is 0 Å². The molecule has 2 aromatic rings. The van der Waals surface area contributed by atoms with E-state index < -0.39 is 46.6 Å². The van der Waals surface area contributed by atoms with Crippen molar-refractivity contribution in [3.8, 4) is 22.6 Å². The molecular formula is C21H19F6N5O2. The van der Waals surface area contributed by atoms with Gasteiger partial charge in [-0.1, -0.05) is 6.07 Å². The first-order valence-electron chi connectivity index (χ1n) is 9.19. The van der Waals surface area contributed by atoms with Crippen molar-refractivity contribution in [3.63, 3.8) is 0 Å². The normalized spacial score (nSPS) is 12.9. The molecule has 7 nitrogen and oxygen atoms in total. The van der Waals surface area contributed by atoms with E-state index in [1.807, 2.05) is 0 Å². The van der Waals surface area contributed by atoms with Gasteiger partial charge in [0.15, 0.2) is 0 Å². The summed E-state index contributed by atoms with van der Waals surface area (Å²) in [6, 6.07) is 7.05. The summed E-state index contributed by atoms with van der Waals surface area (Å²) in [7, 11) is 2.68. The van der Waals surface area contributed by atoms with Crippen LogP contribution < -0.4 is 20.9 Å². The predicted molar refractivity (Wildman–Crippen MR) is 113 cm³/mol. The van der Waals surface area contributed by atoms with Crippen LogP contribution in [-0.2, 0) is 0 Å². The molecule has 34 heavy (non-hydrogen) atoms. The Hall–Kier alpha value is -4.03. The van der Waals surface area contributed by atoms with Gasteiger partial charge in [0.05, 0.1) is 42.6 Å². The van der Waals surface area contributed by atoms with Gasteiger partial charge in [0.1, 0.15) is 22.9 Å². The van der Waals surface area contributed by atoms with Crippen LogP contribution in [0.3, 0.4) is 0 Å². The van der Waals surface area contributed by atoms with Gasteiger partial charge in [-0.3, -0.25) is 10.8 Å². The molecule has 0 unspecified atom stereocenters. The monoisotopic (exact) mass is 487 g/mol. The second-order valence-electron chi connectivity index (χ2n) is 6.69. The van der Waals surface area contributed by atoms with E-state index in [0.29, 0.717) is 12.2 Å². The molecule has 0 aliphatic heterocycles. The molecule has 13 heteroatoms. The number of allylic oxidation sites excluding steroid dienone is 4. The Bertz CT molecular complexity index is 1090. The van der Waals surface area contributed by atoms with Crippen LogP contribution in [-0.4, -0.2) is 43.0 Å². The van der Waals surface area contributed by atoms with Crippen LogP contribution in [0.25, 0.3) is 11.1 Å². The van der Waals surface area contributed by atoms with Crippen LogP contribution in [0, 0.1) is 10.8 Å². The van der Waals surface area contributed by atoms with E-state index in [1.165, 1.54) is 38.5 Å². The third-order valence-electron chi connectivity index (χ3n) is 4.35. The van der Waals surface area contributed by atoms with E-state index >= 15 is 0 Å². The topological polar surface area (TPSA) is 131 Å². The highest BCUT2D eigenvalue weighted by molar-refractivity contribution is 6.10. The first-order valence-corrected chi connectivity index (χ1v) is 9.19. The summed E-state index contributed by atoms with van der Waals surface area (Å²) >= 11 is 0. The smallest absolute Gasteiger partial charge is 0.430 e. The molecule has 2 rings (SSSR count). The molecule has 0 aliphatic rings. The molecule has 1 aromatic carbocycles. The summed E-state index contributed by atoms with van der Waals surface area (Å²) < 4.78 is 87.5. The second-order valence-corrected chi connectivity index (χ2v) is 6.69. The van der Waals surface area contributed by atoms with E-state index in [-0.39, 0.29) is 22.6 Å². The molecule has 0 saturated heterocycles. The third-order valence-corrected chi connectivity index (χ3v) is 4.35. The lowest BCUT2D eigenvalue weighted by atomic mass is 9.99. The molecular weight excluding hydrogens is 468 g/mol. The molecule has 0 saturated carbocycles. The number of alkyl halides is 6. The molecule has 0 atom stereocenters. The number of nitrogens with two attached hydrogens (primary N) is 2. The van der Waals surface area contributed by atoms with Crippen molar-refractivity contribution in [2.45, 2.75) is 12.4 Å². The molecule has 1 heterocycles. The highest BCUT2D eigenvalue weighted by Crippen LogP contribution is 2.39. The number of halogens is 6. The first kappa shape index (κ1) is 26.2. The quantitative estimate of drug-likeness (QED) is 0.342. The van der Waals surface area contributed by atoms with Crippen LogP contribution in [0.1, 0.15) is 11.4 Å². The van der Waals surface area contributed by atoms with Crippen molar-refractivity contribution < 1.29 is 35.8 Å². The van der Waals surface area contributed by atoms with Gasteiger partial charge in [0, 0.05) is 0 Å². The Morgan fingerprint density at radius 3 is 1.53 bits per heavy atom. The Balaban J connectivity index is 2.79. The Kier molecular flexibility index (Phi) is 7.60. The van der Waals surface area contributed by atoms with Crippen LogP contribution in [0.4, 0.5) is 26.3 Å². The average molecular weight is 487 g/mol. The maximum absolute atomic E-state index is 12.8. The second kappa shape index (κ2) is 9.85. The highest BCUT2D eigenvalue weighted by Gasteiger charge is 2.33. The molecule has 6 N–H and O–H groups in total. The highest BCUT2D eigenvalue weighted by atomic mass is 19.4. The Morgan fingerprint density at radius 2 is 1.21 bits per heavy atom. The van der Waals surface area contributed by atoms with Crippen molar-refractivity contribution in [2.24, 2.45) is 11.5 Å². The Morgan fingerprint density at radius 1 is 0.824 bits per heavy atom. The number of ether oxygens (including phenoxy) is 2. The predicted octanol–water partition coefficient (Wildman–Crippen LogP) is 4.31. The number of methoxy groups -OCH3 is 2. The summed E-state index contributed by atoms with van der Waals surface area (Å²) in [4.78, 5) is 3.87. The van der Waals surface area contributed by atoms with E-state index in [0.717, 1.165) is 0 Å². The molecule has 0 bridgehead atoms. The van der Waals surface area contributed by atoms with Gasteiger partial charge < -0.3 is 20.9 Å². The van der Waals surface area contributed by atoms with Crippen molar-refractivity contribution >= 4 is 11.4 Å². The fourth-order valence-corrected chi connectivity index (χ4v) is 2.71. The molecule has 1 aromatic heterocycles. The third kappa shape index (κ3) is 6.05. The minimum Gasteiger partial charge on any atom is -0.496 e. The van der Waals surface area contributed by atoms with Gasteiger partial charge in [-0.2, -0.15) is 26.3 Å². The lowest BCUT2D eigenvalue weighted by Crippen LogP contribution is -2.21. The molecule has 0 fully saturated rings. The number of rotatable bonds is 7. The van der Waals surface area contributed by atoms with Gasteiger partial charge >= 0.3 is 12.4 Å². The number of pyridine rings is 1. The maximum atomic E-state index is 12.8. The molecule has 0 amide bonds. The number of nitrogens with one attached hydrogen (secondary N) is 2. The summed E-state index contributed by atoms with van der Waals surface area (Å²) in [6.07, 6.45) is -9.23. The van der Waals surface area contributed by atoms with Crippen LogP contribution in [0.2, 0.25) is 0 Å². The SMILES string of the molecule is COc1cccc(OC)c1-c1cc(C(=N)/C=C(\N)C(F)(F)F)nc(C(=N)/C=C(\N)C(F)(F)F)c1. The lowest BCUT2D eigenvalue weighted by Gasteiger charge is -2.15. The van der Waals surface area contributed by atoms with Gasteiger partial charge in [-0.05, 0) is 42.0 Å². The number of hydrogen-bond donors (Lipinski definition) is 4. The number of nitrogens with zero attached hydrogens (tertiary/aromatic N) is 1. The summed E-state index contributed by atoms with van der Waals surface area (Å²) in [5, 5.41) is 16.0. The minimum atomic E-state index is -4.92. The maximum Gasteiger partial charge on any atom is 0.430 e. The molecule has 182 valence electrons. The summed E-state index contributed by atoms with van der Waals surface area (Å²) in [5.41, 5.74) is 4.77. The van der Waals surface area contributed by atoms with Crippen LogP contribution in [0.5, 0.6) is 11.5 Å². The van der Waals surface area contributed by atoms with Crippen LogP contribution in [0.15, 0.2) is 53.9 Å². The molecule has 0 spiro atoms. The zero-order chi connectivity index (χ0) is 25.8. The summed E-state index contributed by atoms with van der Waals surface area (Å²) in [5.74, 6) is 0.493. The number of aromatic nitrogens is 1. The van der Waals surface area contributed by atoms with Crippen molar-refractivity contribution in [2.75, 3.05) is 14.2 Å². The molecule has 0 aliphatic carbocycles. The van der Waals surface area contributed by atoms with Crippen molar-refractivity contribution in [1.29, 1.82) is 10.8 Å². The van der Waals surface area contributed by atoms with Crippen molar-refractivity contribution in [3.05, 3.63) is 65.3 Å². The lowest BCUT2D eigenvalue weighted by molar-refractivity contribution is -0.0933. The van der Waals surface area contributed by atoms with Crippen LogP contribution >= 0.6 is 0 Å². The number of benzene rings is 1. The van der Waals surface area contributed by atoms with E-state index in [4.69, 9.17) is 31.8 Å². The fraction of sp³-hybridized carbons (Fsp3) is 0.190. The van der Waals surface area contributed by atoms with Gasteiger partial charge in [0.2, 0.25) is 0 Å². The van der Waals surface area contributed by atoms with E-state index in [9.17, 15) is 26.3 Å². The van der Waals surface area contributed by atoms with E-state index in [1.54, 1.807) is 6.07 Å². The number of hydrogen-bond acceptors (Lipinski definition) is 7. The average Bonchev–Trinajstić information content (AvgIpc) is 2.76. The summed E-state index contributed by atoms with van der Waals surface area (Å²) in [6.45, 7) is 0. The Labute approximate surface area is 189 Å². The van der Waals surface area contributed by atoms with Crippen molar-refractivity contribution in [1.82, 2.24) is 4.98 Å². The fourth-order valence-electron chi connectivity index (χ4n) is 2.71. The van der Waals surface area contributed by atoms with Gasteiger partial charge in [0.25, 0.3) is 0 Å². The zero-order valence-electron chi connectivity index (χ0n) is 17.7. The molecule has 0 radical (unpaired) electrons. The van der Waals surface area contributed by atoms with Gasteiger partial charge in [-0.25, -0.2) is 4.98 Å². The largest absolute Gasteiger partial charge is 0.496 e.